The van der Waals surface area contributed by atoms with E-state index in [1.165, 1.54) is 32.1 Å². The predicted octanol–water partition coefficient (Wildman–Crippen LogP) is 3.34. The van der Waals surface area contributed by atoms with Gasteiger partial charge < -0.3 is 4.74 Å². The lowest BCUT2D eigenvalue weighted by molar-refractivity contribution is -0.118. The average molecular weight is 200 g/mol. The summed E-state index contributed by atoms with van der Waals surface area (Å²) >= 11 is 0. The molecule has 0 N–H and O–H groups in total. The molecule has 0 fully saturated rings. The van der Waals surface area contributed by atoms with Crippen LogP contribution in [0.1, 0.15) is 58.8 Å². The molecule has 0 rings (SSSR count). The predicted molar refractivity (Wildman–Crippen MR) is 59.5 cm³/mol. The molecular weight excluding hydrogens is 176 g/mol. The fraction of sp³-hybridized carbons (Fsp3) is 0.917. The van der Waals surface area contributed by atoms with Gasteiger partial charge in [0.15, 0.2) is 0 Å². The van der Waals surface area contributed by atoms with E-state index >= 15 is 0 Å². The van der Waals surface area contributed by atoms with E-state index in [-0.39, 0.29) is 5.78 Å². The fourth-order valence-electron chi connectivity index (χ4n) is 1.30. The van der Waals surface area contributed by atoms with Crippen molar-refractivity contribution in [2.24, 2.45) is 0 Å². The zero-order valence-corrected chi connectivity index (χ0v) is 9.68. The van der Waals surface area contributed by atoms with E-state index in [9.17, 15) is 4.79 Å². The van der Waals surface area contributed by atoms with Gasteiger partial charge >= 0.3 is 0 Å². The summed E-state index contributed by atoms with van der Waals surface area (Å²) in [7, 11) is 0. The number of carbonyl (C=O) groups excluding carboxylic acids is 1. The molecule has 2 nitrogen and oxygen atoms in total. The molecule has 0 aromatic carbocycles. The molecule has 0 bridgehead atoms. The van der Waals surface area contributed by atoms with Crippen LogP contribution in [0.3, 0.4) is 0 Å². The van der Waals surface area contributed by atoms with Crippen LogP contribution in [0.5, 0.6) is 0 Å². The van der Waals surface area contributed by atoms with E-state index in [2.05, 4.69) is 6.92 Å². The van der Waals surface area contributed by atoms with E-state index in [0.29, 0.717) is 13.0 Å². The van der Waals surface area contributed by atoms with Gasteiger partial charge in [0.2, 0.25) is 0 Å². The van der Waals surface area contributed by atoms with Crippen LogP contribution in [0.25, 0.3) is 0 Å². The molecule has 0 unspecified atom stereocenters. The molecule has 0 aliphatic carbocycles. The van der Waals surface area contributed by atoms with Gasteiger partial charge in [0, 0.05) is 13.0 Å². The number of Topliss-reactive ketones (excluding diaryl/α,β-unsaturated/α-hetero) is 1. The fourth-order valence-corrected chi connectivity index (χ4v) is 1.30. The third kappa shape index (κ3) is 11.6. The van der Waals surface area contributed by atoms with Crippen molar-refractivity contribution in [3.8, 4) is 0 Å². The van der Waals surface area contributed by atoms with Crippen molar-refractivity contribution < 1.29 is 9.53 Å². The summed E-state index contributed by atoms with van der Waals surface area (Å²) < 4.78 is 5.33. The molecule has 0 amide bonds. The smallest absolute Gasteiger partial charge is 0.132 e. The van der Waals surface area contributed by atoms with Gasteiger partial charge in [0.1, 0.15) is 5.78 Å². The molecule has 0 aliphatic rings. The van der Waals surface area contributed by atoms with Gasteiger partial charge in [-0.3, -0.25) is 4.79 Å². The van der Waals surface area contributed by atoms with Crippen molar-refractivity contribution >= 4 is 5.78 Å². The van der Waals surface area contributed by atoms with E-state index in [4.69, 9.17) is 4.74 Å². The SMILES string of the molecule is CCCCCCCCOCCC(C)=O. The number of carbonyl (C=O) groups is 1. The van der Waals surface area contributed by atoms with Crippen molar-refractivity contribution in [2.45, 2.75) is 58.8 Å². The molecule has 0 heterocycles. The maximum absolute atomic E-state index is 10.6. The van der Waals surface area contributed by atoms with Crippen molar-refractivity contribution in [2.75, 3.05) is 13.2 Å². The third-order valence-corrected chi connectivity index (χ3v) is 2.24. The summed E-state index contributed by atoms with van der Waals surface area (Å²) in [6.07, 6.45) is 8.30. The van der Waals surface area contributed by atoms with Crippen molar-refractivity contribution in [3.63, 3.8) is 0 Å². The maximum Gasteiger partial charge on any atom is 0.132 e. The van der Waals surface area contributed by atoms with Crippen LogP contribution < -0.4 is 0 Å². The Kier molecular flexibility index (Phi) is 10.4. The molecular formula is C12H24O2. The second kappa shape index (κ2) is 10.7. The summed E-state index contributed by atoms with van der Waals surface area (Å²) in [4.78, 5) is 10.6. The minimum atomic E-state index is 0.216. The Balaban J connectivity index is 2.88. The van der Waals surface area contributed by atoms with Crippen LogP contribution in [-0.4, -0.2) is 19.0 Å². The summed E-state index contributed by atoms with van der Waals surface area (Å²) in [5, 5.41) is 0. The Morgan fingerprint density at radius 1 is 1.00 bits per heavy atom. The lowest BCUT2D eigenvalue weighted by Gasteiger charge is -2.02. The Bertz CT molecular complexity index is 132. The Labute approximate surface area is 88.0 Å². The molecule has 2 heteroatoms. The first-order valence-corrected chi connectivity index (χ1v) is 5.84. The highest BCUT2D eigenvalue weighted by Gasteiger charge is 1.93. The zero-order chi connectivity index (χ0) is 10.6. The number of ketones is 1. The normalized spacial score (nSPS) is 10.4. The van der Waals surface area contributed by atoms with Crippen LogP contribution in [0.2, 0.25) is 0 Å². The Hall–Kier alpha value is -0.370. The second-order valence-electron chi connectivity index (χ2n) is 3.83. The van der Waals surface area contributed by atoms with Crippen LogP contribution in [0, 0.1) is 0 Å². The molecule has 0 aromatic rings. The molecule has 14 heavy (non-hydrogen) atoms. The summed E-state index contributed by atoms with van der Waals surface area (Å²) in [5.74, 6) is 0.216. The number of hydrogen-bond donors (Lipinski definition) is 0. The average Bonchev–Trinajstić information content (AvgIpc) is 2.15. The number of hydrogen-bond acceptors (Lipinski definition) is 2. The number of rotatable bonds is 10. The van der Waals surface area contributed by atoms with Gasteiger partial charge in [0.25, 0.3) is 0 Å². The Morgan fingerprint density at radius 2 is 1.64 bits per heavy atom. The molecule has 0 radical (unpaired) electrons. The summed E-state index contributed by atoms with van der Waals surface area (Å²) in [5.41, 5.74) is 0. The van der Waals surface area contributed by atoms with Gasteiger partial charge in [-0.15, -0.1) is 0 Å². The van der Waals surface area contributed by atoms with E-state index in [1.807, 2.05) is 0 Å². The highest BCUT2D eigenvalue weighted by atomic mass is 16.5. The first kappa shape index (κ1) is 13.6. The van der Waals surface area contributed by atoms with Crippen LogP contribution in [0.15, 0.2) is 0 Å². The topological polar surface area (TPSA) is 26.3 Å². The highest BCUT2D eigenvalue weighted by molar-refractivity contribution is 5.75. The minimum Gasteiger partial charge on any atom is -0.381 e. The van der Waals surface area contributed by atoms with E-state index in [1.54, 1.807) is 6.92 Å². The third-order valence-electron chi connectivity index (χ3n) is 2.24. The van der Waals surface area contributed by atoms with Gasteiger partial charge in [0.05, 0.1) is 6.61 Å². The number of unbranched alkanes of at least 4 members (excludes halogenated alkanes) is 5. The maximum atomic E-state index is 10.6. The highest BCUT2D eigenvalue weighted by Crippen LogP contribution is 2.04. The summed E-state index contributed by atoms with van der Waals surface area (Å²) in [6.45, 7) is 5.25. The van der Waals surface area contributed by atoms with E-state index in [0.717, 1.165) is 13.0 Å². The zero-order valence-electron chi connectivity index (χ0n) is 9.68. The monoisotopic (exact) mass is 200 g/mol. The molecule has 84 valence electrons. The van der Waals surface area contributed by atoms with Crippen molar-refractivity contribution in [1.82, 2.24) is 0 Å². The largest absolute Gasteiger partial charge is 0.381 e. The van der Waals surface area contributed by atoms with Crippen molar-refractivity contribution in [3.05, 3.63) is 0 Å². The molecule has 0 atom stereocenters. The van der Waals surface area contributed by atoms with Gasteiger partial charge in [-0.05, 0) is 13.3 Å². The van der Waals surface area contributed by atoms with Crippen LogP contribution >= 0.6 is 0 Å². The first-order valence-electron chi connectivity index (χ1n) is 5.84. The molecule has 0 saturated heterocycles. The molecule has 0 aromatic heterocycles. The Morgan fingerprint density at radius 3 is 2.29 bits per heavy atom. The number of ether oxygens (including phenoxy) is 1. The molecule has 0 spiro atoms. The first-order chi connectivity index (χ1) is 6.77. The summed E-state index contributed by atoms with van der Waals surface area (Å²) in [6, 6.07) is 0. The van der Waals surface area contributed by atoms with Crippen LogP contribution in [0.4, 0.5) is 0 Å². The molecule has 0 aliphatic heterocycles. The molecule has 0 saturated carbocycles. The lowest BCUT2D eigenvalue weighted by Crippen LogP contribution is -2.01. The van der Waals surface area contributed by atoms with Gasteiger partial charge in [-0.2, -0.15) is 0 Å². The van der Waals surface area contributed by atoms with Crippen LogP contribution in [-0.2, 0) is 9.53 Å². The quantitative estimate of drug-likeness (QED) is 0.505. The van der Waals surface area contributed by atoms with E-state index < -0.39 is 0 Å². The minimum absolute atomic E-state index is 0.216. The lowest BCUT2D eigenvalue weighted by atomic mass is 10.1. The van der Waals surface area contributed by atoms with Gasteiger partial charge in [-0.1, -0.05) is 39.0 Å². The second-order valence-corrected chi connectivity index (χ2v) is 3.83. The van der Waals surface area contributed by atoms with Gasteiger partial charge in [-0.25, -0.2) is 0 Å². The standard InChI is InChI=1S/C12H24O2/c1-3-4-5-6-7-8-10-14-11-9-12(2)13/h3-11H2,1-2H3. The van der Waals surface area contributed by atoms with Crippen molar-refractivity contribution in [1.29, 1.82) is 0 Å².